The average Bonchev–Trinajstić information content (AvgIpc) is 2.37. The van der Waals surface area contributed by atoms with Gasteiger partial charge >= 0.3 is 0 Å². The Morgan fingerprint density at radius 1 is 1.29 bits per heavy atom. The smallest absolute Gasteiger partial charge is 0.170 e. The summed E-state index contributed by atoms with van der Waals surface area (Å²) in [5.41, 5.74) is 0.495. The first kappa shape index (κ1) is 13.1. The van der Waals surface area contributed by atoms with Gasteiger partial charge in [0.25, 0.3) is 0 Å². The lowest BCUT2D eigenvalue weighted by molar-refractivity contribution is 0.0974. The van der Waals surface area contributed by atoms with Crippen LogP contribution in [0.25, 0.3) is 0 Å². The Labute approximate surface area is 102 Å². The number of hydrogen-bond acceptors (Lipinski definition) is 3. The third kappa shape index (κ3) is 3.25. The topological polar surface area (TPSA) is 35.5 Å². The van der Waals surface area contributed by atoms with Crippen molar-refractivity contribution < 1.29 is 14.3 Å². The van der Waals surface area contributed by atoms with Crippen molar-refractivity contribution in [3.05, 3.63) is 23.8 Å². The molecule has 0 heterocycles. The fraction of sp³-hybridized carbons (Fsp3) is 0.357. The molecule has 0 fully saturated rings. The van der Waals surface area contributed by atoms with E-state index in [-0.39, 0.29) is 5.78 Å². The molecule has 0 saturated heterocycles. The maximum absolute atomic E-state index is 12.1. The Bertz CT molecular complexity index is 407. The molecule has 1 aromatic rings. The molecule has 0 radical (unpaired) electrons. The monoisotopic (exact) mass is 232 g/mol. The molecule has 3 heteroatoms. The van der Waals surface area contributed by atoms with Crippen LogP contribution in [0, 0.1) is 12.3 Å². The van der Waals surface area contributed by atoms with Gasteiger partial charge in [0.1, 0.15) is 17.1 Å². The lowest BCUT2D eigenvalue weighted by atomic mass is 10.0. The molecule has 0 bridgehead atoms. The van der Waals surface area contributed by atoms with E-state index in [9.17, 15) is 4.79 Å². The van der Waals surface area contributed by atoms with Gasteiger partial charge in [0, 0.05) is 12.8 Å². The molecule has 0 aliphatic heterocycles. The molecule has 0 saturated carbocycles. The minimum atomic E-state index is -0.00505. The van der Waals surface area contributed by atoms with Crippen molar-refractivity contribution in [2.24, 2.45) is 0 Å². The number of benzene rings is 1. The molecule has 0 spiro atoms. The highest BCUT2D eigenvalue weighted by molar-refractivity contribution is 6.01. The molecule has 1 aromatic carbocycles. The lowest BCUT2D eigenvalue weighted by Crippen LogP contribution is -2.05. The summed E-state index contributed by atoms with van der Waals surface area (Å²) in [5.74, 6) is 3.59. The molecule has 0 atom stereocenters. The first-order chi connectivity index (χ1) is 8.24. The van der Waals surface area contributed by atoms with E-state index in [1.54, 1.807) is 18.2 Å². The summed E-state index contributed by atoms with van der Waals surface area (Å²) in [6.45, 7) is 0. The van der Waals surface area contributed by atoms with Crippen molar-refractivity contribution >= 4 is 5.78 Å². The molecule has 0 amide bonds. The van der Waals surface area contributed by atoms with Crippen LogP contribution in [0.1, 0.15) is 29.6 Å². The Hall–Kier alpha value is -1.95. The number of methoxy groups -OCH3 is 2. The summed E-state index contributed by atoms with van der Waals surface area (Å²) in [6.07, 6.45) is 6.84. The second-order valence-electron chi connectivity index (χ2n) is 3.52. The second kappa shape index (κ2) is 6.59. The number of Topliss-reactive ketones (excluding diaryl/α,β-unsaturated/α-hetero) is 1. The molecule has 0 aromatic heterocycles. The SMILES string of the molecule is C#CCCCC(=O)c1c(OC)cccc1OC. The first-order valence-electron chi connectivity index (χ1n) is 5.42. The number of carbonyl (C=O) groups is 1. The fourth-order valence-corrected chi connectivity index (χ4v) is 1.60. The van der Waals surface area contributed by atoms with Gasteiger partial charge in [0.05, 0.1) is 14.2 Å². The highest BCUT2D eigenvalue weighted by atomic mass is 16.5. The predicted molar refractivity (Wildman–Crippen MR) is 66.6 cm³/mol. The second-order valence-corrected chi connectivity index (χ2v) is 3.52. The van der Waals surface area contributed by atoms with Crippen LogP contribution in [0.15, 0.2) is 18.2 Å². The van der Waals surface area contributed by atoms with Gasteiger partial charge < -0.3 is 9.47 Å². The molecule has 0 aliphatic carbocycles. The highest BCUT2D eigenvalue weighted by Crippen LogP contribution is 2.29. The number of hydrogen-bond donors (Lipinski definition) is 0. The van der Waals surface area contributed by atoms with E-state index in [0.29, 0.717) is 36.3 Å². The van der Waals surface area contributed by atoms with Crippen LogP contribution in [0.5, 0.6) is 11.5 Å². The van der Waals surface area contributed by atoms with Gasteiger partial charge in [-0.05, 0) is 18.6 Å². The summed E-state index contributed by atoms with van der Waals surface area (Å²) in [4.78, 5) is 12.1. The maximum atomic E-state index is 12.1. The van der Waals surface area contributed by atoms with Crippen molar-refractivity contribution in [3.63, 3.8) is 0 Å². The van der Waals surface area contributed by atoms with Gasteiger partial charge in [0.15, 0.2) is 5.78 Å². The van der Waals surface area contributed by atoms with Crippen LogP contribution >= 0.6 is 0 Å². The molecular weight excluding hydrogens is 216 g/mol. The summed E-state index contributed by atoms with van der Waals surface area (Å²) >= 11 is 0. The van der Waals surface area contributed by atoms with Crippen LogP contribution in [-0.4, -0.2) is 20.0 Å². The summed E-state index contributed by atoms with van der Waals surface area (Å²) < 4.78 is 10.3. The van der Waals surface area contributed by atoms with E-state index in [0.717, 1.165) is 0 Å². The zero-order valence-corrected chi connectivity index (χ0v) is 10.2. The fourth-order valence-electron chi connectivity index (χ4n) is 1.60. The maximum Gasteiger partial charge on any atom is 0.170 e. The van der Waals surface area contributed by atoms with E-state index >= 15 is 0 Å². The summed E-state index contributed by atoms with van der Waals surface area (Å²) in [6, 6.07) is 5.28. The van der Waals surface area contributed by atoms with E-state index in [1.807, 2.05) is 0 Å². The number of unbranched alkanes of at least 4 members (excludes halogenated alkanes) is 1. The number of terminal acetylenes is 1. The lowest BCUT2D eigenvalue weighted by Gasteiger charge is -2.11. The number of ether oxygens (including phenoxy) is 2. The van der Waals surface area contributed by atoms with E-state index < -0.39 is 0 Å². The minimum Gasteiger partial charge on any atom is -0.496 e. The van der Waals surface area contributed by atoms with Gasteiger partial charge in [-0.2, -0.15) is 0 Å². The van der Waals surface area contributed by atoms with E-state index in [4.69, 9.17) is 15.9 Å². The van der Waals surface area contributed by atoms with Crippen molar-refractivity contribution in [3.8, 4) is 23.8 Å². The highest BCUT2D eigenvalue weighted by Gasteiger charge is 2.17. The Kier molecular flexibility index (Phi) is 5.09. The van der Waals surface area contributed by atoms with Crippen LogP contribution in [-0.2, 0) is 0 Å². The largest absolute Gasteiger partial charge is 0.496 e. The van der Waals surface area contributed by atoms with Crippen LogP contribution < -0.4 is 9.47 Å². The number of ketones is 1. The van der Waals surface area contributed by atoms with E-state index in [1.165, 1.54) is 14.2 Å². The molecule has 3 nitrogen and oxygen atoms in total. The van der Waals surface area contributed by atoms with Crippen molar-refractivity contribution in [2.75, 3.05) is 14.2 Å². The number of rotatable bonds is 6. The average molecular weight is 232 g/mol. The first-order valence-corrected chi connectivity index (χ1v) is 5.42. The molecule has 0 unspecified atom stereocenters. The zero-order chi connectivity index (χ0) is 12.7. The molecule has 0 N–H and O–H groups in total. The molecule has 0 aliphatic rings. The third-order valence-electron chi connectivity index (χ3n) is 2.43. The van der Waals surface area contributed by atoms with Crippen LogP contribution in [0.2, 0.25) is 0 Å². The van der Waals surface area contributed by atoms with Gasteiger partial charge in [-0.1, -0.05) is 6.07 Å². The third-order valence-corrected chi connectivity index (χ3v) is 2.43. The number of carbonyl (C=O) groups excluding carboxylic acids is 1. The van der Waals surface area contributed by atoms with Gasteiger partial charge in [0.2, 0.25) is 0 Å². The summed E-state index contributed by atoms with van der Waals surface area (Å²) in [7, 11) is 3.07. The minimum absolute atomic E-state index is 0.00505. The standard InChI is InChI=1S/C14H16O3/c1-4-5-6-8-11(15)14-12(16-2)9-7-10-13(14)17-3/h1,7,9-10H,5-6,8H2,2-3H3. The normalized spacial score (nSPS) is 9.47. The Balaban J connectivity index is 2.94. The molecular formula is C14H16O3. The van der Waals surface area contributed by atoms with Gasteiger partial charge in [-0.15, -0.1) is 12.3 Å². The van der Waals surface area contributed by atoms with Crippen LogP contribution in [0.4, 0.5) is 0 Å². The quantitative estimate of drug-likeness (QED) is 0.430. The Morgan fingerprint density at radius 2 is 1.88 bits per heavy atom. The van der Waals surface area contributed by atoms with Crippen LogP contribution in [0.3, 0.4) is 0 Å². The van der Waals surface area contributed by atoms with Crippen molar-refractivity contribution in [1.82, 2.24) is 0 Å². The van der Waals surface area contributed by atoms with Gasteiger partial charge in [-0.3, -0.25) is 4.79 Å². The molecule has 17 heavy (non-hydrogen) atoms. The predicted octanol–water partition coefficient (Wildman–Crippen LogP) is 2.69. The molecule has 90 valence electrons. The molecule has 1 rings (SSSR count). The van der Waals surface area contributed by atoms with Crippen molar-refractivity contribution in [1.29, 1.82) is 0 Å². The Morgan fingerprint density at radius 3 is 2.35 bits per heavy atom. The van der Waals surface area contributed by atoms with E-state index in [2.05, 4.69) is 5.92 Å². The zero-order valence-electron chi connectivity index (χ0n) is 10.2. The van der Waals surface area contributed by atoms with Crippen molar-refractivity contribution in [2.45, 2.75) is 19.3 Å². The van der Waals surface area contributed by atoms with Gasteiger partial charge in [-0.25, -0.2) is 0 Å². The summed E-state index contributed by atoms with van der Waals surface area (Å²) in [5, 5.41) is 0.